The van der Waals surface area contributed by atoms with Crippen LogP contribution in [0.15, 0.2) is 12.3 Å². The fourth-order valence-electron chi connectivity index (χ4n) is 0.695. The molecule has 0 aliphatic heterocycles. The van der Waals surface area contributed by atoms with Crippen LogP contribution in [0.5, 0.6) is 0 Å². The highest BCUT2D eigenvalue weighted by Crippen LogP contribution is 2.12. The van der Waals surface area contributed by atoms with E-state index in [9.17, 15) is 4.79 Å². The number of carbonyl (C=O) groups excluding carboxylic acids is 1. The van der Waals surface area contributed by atoms with E-state index in [1.807, 2.05) is 6.92 Å². The lowest BCUT2D eigenvalue weighted by atomic mass is 10.1. The van der Waals surface area contributed by atoms with Crippen molar-refractivity contribution in [3.05, 3.63) is 12.3 Å². The molecule has 0 bridgehead atoms. The van der Waals surface area contributed by atoms with E-state index in [1.165, 1.54) is 0 Å². The molecule has 1 unspecified atom stereocenters. The van der Waals surface area contributed by atoms with Crippen LogP contribution in [-0.2, 0) is 9.53 Å². The molecule has 0 saturated carbocycles. The van der Waals surface area contributed by atoms with Gasteiger partial charge in [-0.15, -0.1) is 0 Å². The summed E-state index contributed by atoms with van der Waals surface area (Å²) in [6.07, 6.45) is 0.434. The first kappa shape index (κ1) is 10.0. The van der Waals surface area contributed by atoms with Crippen molar-refractivity contribution in [3.8, 4) is 0 Å². The Morgan fingerprint density at radius 3 is 2.64 bits per heavy atom. The van der Waals surface area contributed by atoms with Crippen LogP contribution in [-0.4, -0.2) is 20.1 Å². The first-order chi connectivity index (χ1) is 5.11. The van der Waals surface area contributed by atoms with Crippen molar-refractivity contribution in [2.75, 3.05) is 14.2 Å². The normalized spacial score (nSPS) is 11.9. The highest BCUT2D eigenvalue weighted by Gasteiger charge is 2.10. The minimum absolute atomic E-state index is 0.00991. The van der Waals surface area contributed by atoms with Gasteiger partial charge in [0.15, 0.2) is 0 Å². The van der Waals surface area contributed by atoms with Gasteiger partial charge in [0.1, 0.15) is 0 Å². The van der Waals surface area contributed by atoms with Crippen LogP contribution in [0.3, 0.4) is 0 Å². The lowest BCUT2D eigenvalue weighted by Crippen LogP contribution is -2.21. The largest absolute Gasteiger partial charge is 0.501 e. The van der Waals surface area contributed by atoms with Crippen LogP contribution in [0.2, 0.25) is 0 Å². The van der Waals surface area contributed by atoms with E-state index in [0.717, 1.165) is 0 Å². The van der Waals surface area contributed by atoms with E-state index < -0.39 is 0 Å². The number of ether oxygens (including phenoxy) is 1. The van der Waals surface area contributed by atoms with E-state index in [4.69, 9.17) is 4.74 Å². The lowest BCUT2D eigenvalue weighted by molar-refractivity contribution is -0.121. The molecule has 0 aliphatic carbocycles. The van der Waals surface area contributed by atoms with Crippen LogP contribution in [0.1, 0.15) is 13.3 Å². The third-order valence-electron chi connectivity index (χ3n) is 1.58. The van der Waals surface area contributed by atoms with E-state index in [2.05, 4.69) is 11.9 Å². The minimum Gasteiger partial charge on any atom is -0.501 e. The fraction of sp³-hybridized carbons (Fsp3) is 0.625. The Bertz CT molecular complexity index is 154. The summed E-state index contributed by atoms with van der Waals surface area (Å²) < 4.78 is 4.88. The maximum absolute atomic E-state index is 10.8. The Hall–Kier alpha value is -0.990. The van der Waals surface area contributed by atoms with Gasteiger partial charge in [0.05, 0.1) is 12.9 Å². The summed E-state index contributed by atoms with van der Waals surface area (Å²) >= 11 is 0. The van der Waals surface area contributed by atoms with Crippen molar-refractivity contribution in [1.82, 2.24) is 5.32 Å². The van der Waals surface area contributed by atoms with Gasteiger partial charge in [0.2, 0.25) is 5.91 Å². The van der Waals surface area contributed by atoms with Gasteiger partial charge in [0, 0.05) is 19.4 Å². The van der Waals surface area contributed by atoms with Gasteiger partial charge in [-0.2, -0.15) is 0 Å². The minimum atomic E-state index is 0.00991. The van der Waals surface area contributed by atoms with Gasteiger partial charge in [-0.1, -0.05) is 13.5 Å². The first-order valence-electron chi connectivity index (χ1n) is 3.55. The maximum atomic E-state index is 10.8. The molecular weight excluding hydrogens is 142 g/mol. The van der Waals surface area contributed by atoms with Crippen LogP contribution in [0, 0.1) is 5.92 Å². The SMILES string of the molecule is C=C(OC)C(C)CC(=O)NC. The number of amides is 1. The third-order valence-corrected chi connectivity index (χ3v) is 1.58. The number of rotatable bonds is 4. The second-order valence-corrected chi connectivity index (χ2v) is 2.45. The van der Waals surface area contributed by atoms with Crippen LogP contribution < -0.4 is 5.32 Å². The molecule has 11 heavy (non-hydrogen) atoms. The summed E-state index contributed by atoms with van der Waals surface area (Å²) in [5, 5.41) is 2.54. The first-order valence-corrected chi connectivity index (χ1v) is 3.55. The zero-order valence-electron chi connectivity index (χ0n) is 7.31. The van der Waals surface area contributed by atoms with Crippen molar-refractivity contribution in [1.29, 1.82) is 0 Å². The smallest absolute Gasteiger partial charge is 0.220 e. The summed E-state index contributed by atoms with van der Waals surface area (Å²) in [6.45, 7) is 5.56. The Morgan fingerprint density at radius 2 is 2.27 bits per heavy atom. The number of carbonyl (C=O) groups is 1. The van der Waals surface area contributed by atoms with Gasteiger partial charge < -0.3 is 10.1 Å². The molecule has 0 radical (unpaired) electrons. The van der Waals surface area contributed by atoms with E-state index in [-0.39, 0.29) is 11.8 Å². The molecular formula is C8H15NO2. The Labute approximate surface area is 67.4 Å². The average molecular weight is 157 g/mol. The molecule has 1 N–H and O–H groups in total. The zero-order valence-corrected chi connectivity index (χ0v) is 7.31. The predicted octanol–water partition coefficient (Wildman–Crippen LogP) is 0.919. The third kappa shape index (κ3) is 3.65. The van der Waals surface area contributed by atoms with E-state index in [0.29, 0.717) is 12.2 Å². The molecule has 0 aromatic heterocycles. The molecule has 1 amide bonds. The average Bonchev–Trinajstić information content (AvgIpc) is 2.02. The molecule has 3 heteroatoms. The molecule has 0 heterocycles. The Balaban J connectivity index is 3.77. The topological polar surface area (TPSA) is 38.3 Å². The summed E-state index contributed by atoms with van der Waals surface area (Å²) in [5.41, 5.74) is 0. The molecule has 0 saturated heterocycles. The summed E-state index contributed by atoms with van der Waals surface area (Å²) in [5.74, 6) is 0.740. The fourth-order valence-corrected chi connectivity index (χ4v) is 0.695. The standard InChI is InChI=1S/C8H15NO2/c1-6(7(2)11-4)5-8(10)9-3/h6H,2,5H2,1,3-4H3,(H,9,10). The number of hydrogen-bond donors (Lipinski definition) is 1. The molecule has 64 valence electrons. The monoisotopic (exact) mass is 157 g/mol. The molecule has 0 fully saturated rings. The van der Waals surface area contributed by atoms with Gasteiger partial charge in [-0.3, -0.25) is 4.79 Å². The molecule has 0 rings (SSSR count). The zero-order chi connectivity index (χ0) is 8.85. The Morgan fingerprint density at radius 1 is 1.73 bits per heavy atom. The highest BCUT2D eigenvalue weighted by molar-refractivity contribution is 5.76. The molecule has 3 nitrogen and oxygen atoms in total. The van der Waals surface area contributed by atoms with Crippen molar-refractivity contribution in [3.63, 3.8) is 0 Å². The van der Waals surface area contributed by atoms with Gasteiger partial charge >= 0.3 is 0 Å². The van der Waals surface area contributed by atoms with Crippen molar-refractivity contribution in [2.45, 2.75) is 13.3 Å². The van der Waals surface area contributed by atoms with Gasteiger partial charge in [-0.25, -0.2) is 0 Å². The van der Waals surface area contributed by atoms with Crippen LogP contribution >= 0.6 is 0 Å². The van der Waals surface area contributed by atoms with E-state index in [1.54, 1.807) is 14.2 Å². The maximum Gasteiger partial charge on any atom is 0.220 e. The lowest BCUT2D eigenvalue weighted by Gasteiger charge is -2.11. The second kappa shape index (κ2) is 4.77. The molecule has 0 spiro atoms. The second-order valence-electron chi connectivity index (χ2n) is 2.45. The molecule has 1 atom stereocenters. The summed E-state index contributed by atoms with van der Waals surface area (Å²) in [4.78, 5) is 10.8. The molecule has 0 aromatic rings. The summed E-state index contributed by atoms with van der Waals surface area (Å²) in [6, 6.07) is 0. The number of hydrogen-bond acceptors (Lipinski definition) is 2. The molecule has 0 aromatic carbocycles. The van der Waals surface area contributed by atoms with Crippen molar-refractivity contribution >= 4 is 5.91 Å². The highest BCUT2D eigenvalue weighted by atomic mass is 16.5. The van der Waals surface area contributed by atoms with Crippen LogP contribution in [0.25, 0.3) is 0 Å². The van der Waals surface area contributed by atoms with Gasteiger partial charge in [0.25, 0.3) is 0 Å². The predicted molar refractivity (Wildman–Crippen MR) is 44.0 cm³/mol. The van der Waals surface area contributed by atoms with Crippen LogP contribution in [0.4, 0.5) is 0 Å². The summed E-state index contributed by atoms with van der Waals surface area (Å²) in [7, 11) is 3.17. The number of nitrogens with one attached hydrogen (secondary N) is 1. The molecule has 0 aliphatic rings. The van der Waals surface area contributed by atoms with Gasteiger partial charge in [-0.05, 0) is 0 Å². The Kier molecular flexibility index (Phi) is 4.34. The quantitative estimate of drug-likeness (QED) is 0.616. The van der Waals surface area contributed by atoms with Crippen molar-refractivity contribution < 1.29 is 9.53 Å². The number of methoxy groups -OCH3 is 1. The number of allylic oxidation sites excluding steroid dienone is 1. The van der Waals surface area contributed by atoms with E-state index >= 15 is 0 Å². The van der Waals surface area contributed by atoms with Crippen molar-refractivity contribution in [2.24, 2.45) is 5.92 Å².